The van der Waals surface area contributed by atoms with Crippen molar-refractivity contribution in [3.63, 3.8) is 0 Å². The fraction of sp³-hybridized carbons (Fsp3) is 0.130. The molecule has 0 fully saturated rings. The zero-order chi connectivity index (χ0) is 22.0. The second-order valence-corrected chi connectivity index (χ2v) is 7.08. The van der Waals surface area contributed by atoms with Crippen molar-refractivity contribution in [2.75, 3.05) is 26.6 Å². The van der Waals surface area contributed by atoms with Crippen LogP contribution in [0.25, 0.3) is 22.0 Å². The molecule has 0 aliphatic carbocycles. The molecule has 0 saturated heterocycles. The van der Waals surface area contributed by atoms with Gasteiger partial charge in [0.25, 0.3) is 0 Å². The molecule has 0 aliphatic heterocycles. The molecule has 1 heterocycles. The van der Waals surface area contributed by atoms with Gasteiger partial charge >= 0.3 is 0 Å². The summed E-state index contributed by atoms with van der Waals surface area (Å²) in [6.07, 6.45) is 1.73. The molecular weight excluding hydrogens is 418 g/mol. The number of methoxy groups -OCH3 is 3. The van der Waals surface area contributed by atoms with E-state index in [0.29, 0.717) is 33.9 Å². The normalized spacial score (nSPS) is 10.7. The number of fused-ring (bicyclic) bond motifs is 1. The van der Waals surface area contributed by atoms with Crippen molar-refractivity contribution in [2.45, 2.75) is 0 Å². The molecular formula is C23H20ClN3O4. The molecule has 0 saturated carbocycles. The summed E-state index contributed by atoms with van der Waals surface area (Å²) in [5.41, 5.74) is 3.05. The maximum absolute atomic E-state index is 9.78. The van der Waals surface area contributed by atoms with Gasteiger partial charge in [-0.3, -0.25) is 0 Å². The van der Waals surface area contributed by atoms with Gasteiger partial charge in [0.05, 0.1) is 26.8 Å². The minimum Gasteiger partial charge on any atom is -0.508 e. The SMILES string of the molecule is COc1cc(Nc2ncc3cc(-c4cc(O)ccc4Cl)ccc3n2)cc(OC)c1OC. The van der Waals surface area contributed by atoms with Crippen molar-refractivity contribution < 1.29 is 19.3 Å². The average Bonchev–Trinajstić information content (AvgIpc) is 2.79. The van der Waals surface area contributed by atoms with Gasteiger partial charge in [0.2, 0.25) is 11.7 Å². The van der Waals surface area contributed by atoms with Crippen LogP contribution in [0.15, 0.2) is 54.7 Å². The van der Waals surface area contributed by atoms with Gasteiger partial charge in [-0.05, 0) is 35.9 Å². The minimum absolute atomic E-state index is 0.153. The molecule has 4 aromatic rings. The van der Waals surface area contributed by atoms with E-state index in [1.54, 1.807) is 57.9 Å². The fourth-order valence-electron chi connectivity index (χ4n) is 3.28. The molecule has 8 heteroatoms. The van der Waals surface area contributed by atoms with Crippen molar-refractivity contribution in [2.24, 2.45) is 0 Å². The van der Waals surface area contributed by atoms with Crippen molar-refractivity contribution in [1.29, 1.82) is 0 Å². The summed E-state index contributed by atoms with van der Waals surface area (Å²) >= 11 is 6.29. The van der Waals surface area contributed by atoms with Crippen LogP contribution in [0.1, 0.15) is 0 Å². The summed E-state index contributed by atoms with van der Waals surface area (Å²) in [5.74, 6) is 2.13. The molecule has 0 atom stereocenters. The lowest BCUT2D eigenvalue weighted by molar-refractivity contribution is 0.324. The predicted molar refractivity (Wildman–Crippen MR) is 121 cm³/mol. The number of nitrogens with zero attached hydrogens (tertiary/aromatic N) is 2. The Kier molecular flexibility index (Phi) is 5.68. The lowest BCUT2D eigenvalue weighted by Gasteiger charge is -2.14. The van der Waals surface area contributed by atoms with E-state index in [1.165, 1.54) is 0 Å². The van der Waals surface area contributed by atoms with Gasteiger partial charge in [-0.15, -0.1) is 0 Å². The first-order chi connectivity index (χ1) is 15.0. The van der Waals surface area contributed by atoms with Gasteiger partial charge < -0.3 is 24.6 Å². The van der Waals surface area contributed by atoms with E-state index in [2.05, 4.69) is 15.3 Å². The Hall–Kier alpha value is -3.71. The lowest BCUT2D eigenvalue weighted by Crippen LogP contribution is -2.00. The van der Waals surface area contributed by atoms with Crippen molar-refractivity contribution >= 4 is 34.1 Å². The van der Waals surface area contributed by atoms with Crippen molar-refractivity contribution in [3.8, 4) is 34.1 Å². The number of ether oxygens (including phenoxy) is 3. The molecule has 0 unspecified atom stereocenters. The van der Waals surface area contributed by atoms with E-state index in [-0.39, 0.29) is 5.75 Å². The Balaban J connectivity index is 1.67. The standard InChI is InChI=1S/C23H20ClN3O4/c1-29-20-9-15(10-21(30-2)22(20)31-3)26-23-25-12-14-8-13(4-7-19(14)27-23)17-11-16(28)5-6-18(17)24/h4-12,28H,1-3H3,(H,25,26,27). The third-order valence-corrected chi connectivity index (χ3v) is 5.09. The van der Waals surface area contributed by atoms with E-state index in [0.717, 1.165) is 22.0 Å². The Labute approximate surface area is 184 Å². The number of nitrogens with one attached hydrogen (secondary N) is 1. The Morgan fingerprint density at radius 2 is 1.65 bits per heavy atom. The van der Waals surface area contributed by atoms with E-state index in [9.17, 15) is 5.11 Å². The summed E-state index contributed by atoms with van der Waals surface area (Å²) < 4.78 is 16.1. The summed E-state index contributed by atoms with van der Waals surface area (Å²) in [5, 5.41) is 14.3. The summed E-state index contributed by atoms with van der Waals surface area (Å²) in [6, 6.07) is 14.1. The van der Waals surface area contributed by atoms with Crippen LogP contribution < -0.4 is 19.5 Å². The lowest BCUT2D eigenvalue weighted by atomic mass is 10.0. The largest absolute Gasteiger partial charge is 0.508 e. The molecule has 7 nitrogen and oxygen atoms in total. The smallest absolute Gasteiger partial charge is 0.227 e. The fourth-order valence-corrected chi connectivity index (χ4v) is 3.50. The monoisotopic (exact) mass is 437 g/mol. The van der Waals surface area contributed by atoms with Gasteiger partial charge in [0.15, 0.2) is 11.5 Å². The van der Waals surface area contributed by atoms with Gasteiger partial charge in [-0.2, -0.15) is 0 Å². The average molecular weight is 438 g/mol. The molecule has 0 spiro atoms. The number of anilines is 2. The molecule has 4 rings (SSSR count). The van der Waals surface area contributed by atoms with E-state index in [1.807, 2.05) is 18.2 Å². The predicted octanol–water partition coefficient (Wildman–Crippen LogP) is 5.43. The molecule has 0 bridgehead atoms. The summed E-state index contributed by atoms with van der Waals surface area (Å²) in [4.78, 5) is 8.99. The number of benzene rings is 3. The third kappa shape index (κ3) is 4.13. The second kappa shape index (κ2) is 8.57. The molecule has 2 N–H and O–H groups in total. The second-order valence-electron chi connectivity index (χ2n) is 6.67. The van der Waals surface area contributed by atoms with Crippen molar-refractivity contribution in [1.82, 2.24) is 9.97 Å². The minimum atomic E-state index is 0.153. The highest BCUT2D eigenvalue weighted by atomic mass is 35.5. The molecule has 0 amide bonds. The molecule has 0 radical (unpaired) electrons. The highest BCUT2D eigenvalue weighted by Crippen LogP contribution is 2.40. The first kappa shape index (κ1) is 20.6. The van der Waals surface area contributed by atoms with Crippen LogP contribution in [0.4, 0.5) is 11.6 Å². The molecule has 31 heavy (non-hydrogen) atoms. The van der Waals surface area contributed by atoms with Crippen LogP contribution in [0.2, 0.25) is 5.02 Å². The number of phenolic OH excluding ortho intramolecular Hbond substituents is 1. The Morgan fingerprint density at radius 1 is 0.903 bits per heavy atom. The zero-order valence-electron chi connectivity index (χ0n) is 17.1. The van der Waals surface area contributed by atoms with Gasteiger partial charge in [-0.1, -0.05) is 17.7 Å². The van der Waals surface area contributed by atoms with Crippen LogP contribution in [-0.4, -0.2) is 36.4 Å². The highest BCUT2D eigenvalue weighted by Gasteiger charge is 2.14. The third-order valence-electron chi connectivity index (χ3n) is 4.76. The first-order valence-electron chi connectivity index (χ1n) is 9.35. The Bertz CT molecular complexity index is 1240. The number of phenols is 1. The van der Waals surface area contributed by atoms with Crippen LogP contribution in [0.5, 0.6) is 23.0 Å². The summed E-state index contributed by atoms with van der Waals surface area (Å²) in [7, 11) is 4.67. The van der Waals surface area contributed by atoms with Crippen LogP contribution in [0.3, 0.4) is 0 Å². The number of aromatic nitrogens is 2. The van der Waals surface area contributed by atoms with E-state index < -0.39 is 0 Å². The zero-order valence-corrected chi connectivity index (χ0v) is 17.9. The molecule has 3 aromatic carbocycles. The number of hydrogen-bond donors (Lipinski definition) is 2. The van der Waals surface area contributed by atoms with E-state index >= 15 is 0 Å². The maximum Gasteiger partial charge on any atom is 0.227 e. The summed E-state index contributed by atoms with van der Waals surface area (Å²) in [6.45, 7) is 0. The van der Waals surface area contributed by atoms with E-state index in [4.69, 9.17) is 25.8 Å². The number of halogens is 1. The number of hydrogen-bond acceptors (Lipinski definition) is 7. The van der Waals surface area contributed by atoms with Crippen LogP contribution >= 0.6 is 11.6 Å². The van der Waals surface area contributed by atoms with Crippen LogP contribution in [0, 0.1) is 0 Å². The van der Waals surface area contributed by atoms with Gasteiger partial charge in [-0.25, -0.2) is 9.97 Å². The van der Waals surface area contributed by atoms with Gasteiger partial charge in [0.1, 0.15) is 5.75 Å². The molecule has 0 aliphatic rings. The highest BCUT2D eigenvalue weighted by molar-refractivity contribution is 6.33. The first-order valence-corrected chi connectivity index (χ1v) is 9.73. The topological polar surface area (TPSA) is 85.7 Å². The number of aromatic hydroxyl groups is 1. The maximum atomic E-state index is 9.78. The Morgan fingerprint density at radius 3 is 2.32 bits per heavy atom. The molecule has 1 aromatic heterocycles. The van der Waals surface area contributed by atoms with Crippen molar-refractivity contribution in [3.05, 3.63) is 59.8 Å². The van der Waals surface area contributed by atoms with Crippen LogP contribution in [-0.2, 0) is 0 Å². The molecule has 158 valence electrons. The number of rotatable bonds is 6. The quantitative estimate of drug-likeness (QED) is 0.416. The van der Waals surface area contributed by atoms with Gasteiger partial charge in [0, 0.05) is 40.0 Å².